The van der Waals surface area contributed by atoms with Crippen molar-refractivity contribution in [1.82, 2.24) is 0 Å². The Bertz CT molecular complexity index is 1700. The Morgan fingerprint density at radius 3 is 2.00 bits per heavy atom. The number of benzene rings is 5. The zero-order valence-corrected chi connectivity index (χ0v) is 22.4. The van der Waals surface area contributed by atoms with Crippen LogP contribution in [0.4, 0.5) is 0 Å². The number of fused-ring (bicyclic) bond motifs is 1. The van der Waals surface area contributed by atoms with Gasteiger partial charge in [0.25, 0.3) is 0 Å². The minimum Gasteiger partial charge on any atom is -0.398 e. The molecule has 0 unspecified atom stereocenters. The Hall–Kier alpha value is -4.88. The van der Waals surface area contributed by atoms with Crippen LogP contribution in [0.15, 0.2) is 135 Å². The van der Waals surface area contributed by atoms with Crippen LogP contribution in [-0.4, -0.2) is 0 Å². The number of nitrogens with two attached hydrogens (primary N) is 1. The molecular formula is C38H33N. The summed E-state index contributed by atoms with van der Waals surface area (Å²) in [7, 11) is 0. The Kier molecular flexibility index (Phi) is 7.70. The van der Waals surface area contributed by atoms with Crippen molar-refractivity contribution in [3.8, 4) is 11.1 Å². The largest absolute Gasteiger partial charge is 0.398 e. The van der Waals surface area contributed by atoms with Gasteiger partial charge in [0.15, 0.2) is 0 Å². The molecule has 0 fully saturated rings. The Balaban J connectivity index is 1.49. The molecule has 0 heterocycles. The Labute approximate surface area is 232 Å². The summed E-state index contributed by atoms with van der Waals surface area (Å²) in [5.41, 5.74) is 17.7. The van der Waals surface area contributed by atoms with E-state index in [4.69, 9.17) is 5.73 Å². The second-order valence-electron chi connectivity index (χ2n) is 9.84. The van der Waals surface area contributed by atoms with Crippen LogP contribution in [0.5, 0.6) is 0 Å². The van der Waals surface area contributed by atoms with E-state index in [1.807, 2.05) is 12.2 Å². The van der Waals surface area contributed by atoms with E-state index in [1.54, 1.807) is 0 Å². The number of hydrogen-bond donors (Lipinski definition) is 1. The van der Waals surface area contributed by atoms with Crippen molar-refractivity contribution in [2.24, 2.45) is 5.73 Å². The third kappa shape index (κ3) is 6.00. The average molecular weight is 504 g/mol. The monoisotopic (exact) mass is 503 g/mol. The van der Waals surface area contributed by atoms with Gasteiger partial charge in [-0.15, -0.1) is 0 Å². The quantitative estimate of drug-likeness (QED) is 0.210. The van der Waals surface area contributed by atoms with Crippen molar-refractivity contribution in [2.45, 2.75) is 13.3 Å². The Morgan fingerprint density at radius 2 is 1.31 bits per heavy atom. The van der Waals surface area contributed by atoms with Gasteiger partial charge in [-0.3, -0.25) is 0 Å². The van der Waals surface area contributed by atoms with Gasteiger partial charge in [0, 0.05) is 5.70 Å². The van der Waals surface area contributed by atoms with E-state index in [9.17, 15) is 0 Å². The van der Waals surface area contributed by atoms with Gasteiger partial charge >= 0.3 is 0 Å². The van der Waals surface area contributed by atoms with Crippen LogP contribution in [0.25, 0.3) is 45.3 Å². The van der Waals surface area contributed by atoms with Gasteiger partial charge in [-0.1, -0.05) is 134 Å². The molecule has 0 aromatic heterocycles. The molecule has 39 heavy (non-hydrogen) atoms. The fourth-order valence-corrected chi connectivity index (χ4v) is 4.80. The van der Waals surface area contributed by atoms with Gasteiger partial charge < -0.3 is 5.73 Å². The maximum atomic E-state index is 6.70. The summed E-state index contributed by atoms with van der Waals surface area (Å²) in [5, 5.41) is 2.38. The number of rotatable bonds is 8. The predicted octanol–water partition coefficient (Wildman–Crippen LogP) is 9.73. The molecule has 1 nitrogen and oxygen atoms in total. The minimum atomic E-state index is 0.731. The van der Waals surface area contributed by atoms with Gasteiger partial charge in [-0.2, -0.15) is 0 Å². The molecule has 5 aromatic carbocycles. The highest BCUT2D eigenvalue weighted by Crippen LogP contribution is 2.27. The second-order valence-corrected chi connectivity index (χ2v) is 9.84. The molecule has 0 amide bonds. The van der Waals surface area contributed by atoms with Crippen LogP contribution in [0, 0.1) is 6.92 Å². The maximum Gasteiger partial charge on any atom is 0.0393 e. The zero-order chi connectivity index (χ0) is 27.2. The molecule has 0 bridgehead atoms. The lowest BCUT2D eigenvalue weighted by atomic mass is 9.95. The minimum absolute atomic E-state index is 0.731. The van der Waals surface area contributed by atoms with E-state index in [0.717, 1.165) is 39.9 Å². The van der Waals surface area contributed by atoms with Gasteiger partial charge in [0.1, 0.15) is 0 Å². The van der Waals surface area contributed by atoms with Crippen LogP contribution in [-0.2, 0) is 6.42 Å². The van der Waals surface area contributed by atoms with E-state index in [1.165, 1.54) is 33.0 Å². The summed E-state index contributed by atoms with van der Waals surface area (Å²) < 4.78 is 0. The van der Waals surface area contributed by atoms with Gasteiger partial charge in [0.05, 0.1) is 0 Å². The van der Waals surface area contributed by atoms with Gasteiger partial charge in [-0.25, -0.2) is 0 Å². The maximum absolute atomic E-state index is 6.70. The third-order valence-electron chi connectivity index (χ3n) is 7.15. The van der Waals surface area contributed by atoms with E-state index in [0.29, 0.717) is 0 Å². The van der Waals surface area contributed by atoms with Crippen LogP contribution in [0.2, 0.25) is 0 Å². The molecule has 0 saturated heterocycles. The lowest BCUT2D eigenvalue weighted by molar-refractivity contribution is 1.27. The smallest absolute Gasteiger partial charge is 0.0393 e. The second kappa shape index (κ2) is 11.7. The van der Waals surface area contributed by atoms with Crippen molar-refractivity contribution in [1.29, 1.82) is 0 Å². The molecule has 1 heteroatoms. The standard InChI is InChI=1S/C38H33N/c1-4-29-20-22-35(24-30(29)5-2)36(26-38(39)37-23-21-31-8-6-7-9-34(31)25-37)19-14-28-12-17-33(18-13-28)32-15-10-27(3)11-16-32/h4-13,15-26H,1-2,14,39H2,3H3/b36-19+,38-26-. The fourth-order valence-electron chi connectivity index (χ4n) is 4.80. The highest BCUT2D eigenvalue weighted by molar-refractivity contribution is 5.89. The highest BCUT2D eigenvalue weighted by Gasteiger charge is 2.07. The lowest BCUT2D eigenvalue weighted by Gasteiger charge is -2.11. The van der Waals surface area contributed by atoms with Crippen LogP contribution in [0.3, 0.4) is 0 Å². The molecule has 0 radical (unpaired) electrons. The van der Waals surface area contributed by atoms with Crippen molar-refractivity contribution >= 4 is 34.2 Å². The van der Waals surface area contributed by atoms with Crippen molar-refractivity contribution in [3.05, 3.63) is 168 Å². The van der Waals surface area contributed by atoms with Crippen molar-refractivity contribution < 1.29 is 0 Å². The summed E-state index contributed by atoms with van der Waals surface area (Å²) in [6, 6.07) is 38.5. The van der Waals surface area contributed by atoms with Gasteiger partial charge in [-0.05, 0) is 86.8 Å². The first kappa shape index (κ1) is 25.8. The predicted molar refractivity (Wildman–Crippen MR) is 171 cm³/mol. The summed E-state index contributed by atoms with van der Waals surface area (Å²) >= 11 is 0. The molecule has 190 valence electrons. The Morgan fingerprint density at radius 1 is 0.667 bits per heavy atom. The fraction of sp³-hybridized carbons (Fsp3) is 0.0526. The lowest BCUT2D eigenvalue weighted by Crippen LogP contribution is -1.98. The number of allylic oxidation sites excluding steroid dienone is 3. The molecule has 0 atom stereocenters. The molecule has 5 rings (SSSR count). The molecule has 2 N–H and O–H groups in total. The molecule has 0 aliphatic rings. The topological polar surface area (TPSA) is 26.0 Å². The van der Waals surface area contributed by atoms with E-state index in [-0.39, 0.29) is 0 Å². The van der Waals surface area contributed by atoms with Crippen molar-refractivity contribution in [2.75, 3.05) is 0 Å². The molecule has 5 aromatic rings. The van der Waals surface area contributed by atoms with E-state index < -0.39 is 0 Å². The summed E-state index contributed by atoms with van der Waals surface area (Å²) in [5.74, 6) is 0. The molecule has 0 aliphatic carbocycles. The van der Waals surface area contributed by atoms with Crippen LogP contribution < -0.4 is 5.73 Å². The van der Waals surface area contributed by atoms with E-state index >= 15 is 0 Å². The summed E-state index contributed by atoms with van der Waals surface area (Å²) in [6.45, 7) is 10.1. The molecular weight excluding hydrogens is 470 g/mol. The average Bonchev–Trinajstić information content (AvgIpc) is 2.99. The van der Waals surface area contributed by atoms with Gasteiger partial charge in [0.2, 0.25) is 0 Å². The summed E-state index contributed by atoms with van der Waals surface area (Å²) in [4.78, 5) is 0. The number of aryl methyl sites for hydroxylation is 1. The SMILES string of the molecule is C=Cc1ccc(C(/C=C(\N)c2ccc3ccccc3c2)=C/Cc2ccc(-c3ccc(C)cc3)cc2)cc1C=C. The molecule has 0 aliphatic heterocycles. The molecule has 0 saturated carbocycles. The zero-order valence-electron chi connectivity index (χ0n) is 22.4. The van der Waals surface area contributed by atoms with Crippen LogP contribution >= 0.6 is 0 Å². The molecule has 0 spiro atoms. The van der Waals surface area contributed by atoms with Crippen molar-refractivity contribution in [3.63, 3.8) is 0 Å². The first-order chi connectivity index (χ1) is 19.0. The normalized spacial score (nSPS) is 11.9. The third-order valence-corrected chi connectivity index (χ3v) is 7.15. The van der Waals surface area contributed by atoms with E-state index in [2.05, 4.69) is 141 Å². The first-order valence-electron chi connectivity index (χ1n) is 13.3. The number of hydrogen-bond acceptors (Lipinski definition) is 1. The highest BCUT2D eigenvalue weighted by atomic mass is 14.6. The van der Waals surface area contributed by atoms with Crippen LogP contribution in [0.1, 0.15) is 33.4 Å². The first-order valence-corrected chi connectivity index (χ1v) is 13.3. The summed E-state index contributed by atoms with van der Waals surface area (Å²) in [6.07, 6.45) is 8.86.